The van der Waals surface area contributed by atoms with Crippen LogP contribution in [0.2, 0.25) is 0 Å². The van der Waals surface area contributed by atoms with Crippen LogP contribution in [0.4, 0.5) is 0 Å². The number of benzene rings is 2. The second kappa shape index (κ2) is 8.63. The van der Waals surface area contributed by atoms with Gasteiger partial charge in [-0.2, -0.15) is 0 Å². The van der Waals surface area contributed by atoms with E-state index >= 15 is 0 Å². The Morgan fingerprint density at radius 1 is 1.10 bits per heavy atom. The van der Waals surface area contributed by atoms with Crippen molar-refractivity contribution in [1.29, 1.82) is 0 Å². The predicted molar refractivity (Wildman–Crippen MR) is 123 cm³/mol. The molecule has 3 rings (SSSR count). The molecule has 0 amide bonds. The molecule has 1 heterocycles. The number of aliphatic hydroxyl groups is 1. The Labute approximate surface area is 185 Å². The summed E-state index contributed by atoms with van der Waals surface area (Å²) in [6, 6.07) is 16.8. The minimum Gasteiger partial charge on any atom is -0.457 e. The van der Waals surface area contributed by atoms with Gasteiger partial charge >= 0.3 is 6.02 Å². The summed E-state index contributed by atoms with van der Waals surface area (Å²) in [7, 11) is -3.89. The molecule has 1 aliphatic heterocycles. The van der Waals surface area contributed by atoms with Crippen LogP contribution in [-0.4, -0.2) is 31.8 Å². The second-order valence-corrected chi connectivity index (χ2v) is 11.2. The minimum absolute atomic E-state index is 0.0234. The van der Waals surface area contributed by atoms with Gasteiger partial charge < -0.3 is 15.2 Å². The summed E-state index contributed by atoms with van der Waals surface area (Å²) in [5, 5.41) is 11.6. The van der Waals surface area contributed by atoms with E-state index in [1.165, 1.54) is 0 Å². The van der Waals surface area contributed by atoms with Gasteiger partial charge in [0.15, 0.2) is 0 Å². The largest absolute Gasteiger partial charge is 0.457 e. The fourth-order valence-electron chi connectivity index (χ4n) is 3.92. The van der Waals surface area contributed by atoms with Crippen LogP contribution in [0.1, 0.15) is 69.0 Å². The molecule has 0 radical (unpaired) electrons. The molecule has 2 aromatic carbocycles. The molecule has 0 saturated carbocycles. The standard InChI is InChI=1S/C24H32N2O4S/c1-23(2,3)19-13-11-18(12-14-19)21-24(4,5)30-22(26-31(21,28)29)25-20(15-16-27)17-9-7-6-8-10-17/h6-14,20-21,27H,15-16H2,1-5H3,(H,25,26)/t20-,21?/m0/s1. The van der Waals surface area contributed by atoms with Crippen molar-refractivity contribution < 1.29 is 18.3 Å². The SMILES string of the molecule is CC(C)(C)c1ccc(C2C(C)(C)OC(N[C@@H](CCO)c3ccccc3)=NS2(=O)=O)cc1. The minimum atomic E-state index is -3.89. The van der Waals surface area contributed by atoms with Crippen LogP contribution in [0.15, 0.2) is 59.0 Å². The van der Waals surface area contributed by atoms with Crippen molar-refractivity contribution in [3.63, 3.8) is 0 Å². The van der Waals surface area contributed by atoms with Crippen LogP contribution in [-0.2, 0) is 20.2 Å². The van der Waals surface area contributed by atoms with Crippen molar-refractivity contribution in [1.82, 2.24) is 5.32 Å². The van der Waals surface area contributed by atoms with Crippen molar-refractivity contribution in [3.8, 4) is 0 Å². The molecule has 7 heteroatoms. The summed E-state index contributed by atoms with van der Waals surface area (Å²) in [5.41, 5.74) is 1.63. The third-order valence-electron chi connectivity index (χ3n) is 5.50. The van der Waals surface area contributed by atoms with E-state index in [1.54, 1.807) is 13.8 Å². The molecule has 2 N–H and O–H groups in total. The highest BCUT2D eigenvalue weighted by atomic mass is 32.2. The first kappa shape index (κ1) is 23.3. The Balaban J connectivity index is 1.92. The average molecular weight is 445 g/mol. The maximum atomic E-state index is 13.2. The zero-order valence-corrected chi connectivity index (χ0v) is 19.6. The summed E-state index contributed by atoms with van der Waals surface area (Å²) in [5.74, 6) is 0. The first-order valence-corrected chi connectivity index (χ1v) is 12.0. The Morgan fingerprint density at radius 3 is 2.23 bits per heavy atom. The van der Waals surface area contributed by atoms with Crippen molar-refractivity contribution >= 4 is 16.0 Å². The van der Waals surface area contributed by atoms with Crippen molar-refractivity contribution in [2.75, 3.05) is 6.61 Å². The number of nitrogens with one attached hydrogen (secondary N) is 1. The van der Waals surface area contributed by atoms with Gasteiger partial charge in [-0.05, 0) is 42.4 Å². The average Bonchev–Trinajstić information content (AvgIpc) is 2.66. The van der Waals surface area contributed by atoms with E-state index < -0.39 is 20.9 Å². The lowest BCUT2D eigenvalue weighted by atomic mass is 9.86. The third-order valence-corrected chi connectivity index (χ3v) is 7.35. The van der Waals surface area contributed by atoms with Crippen LogP contribution in [0.3, 0.4) is 0 Å². The zero-order chi connectivity index (χ0) is 22.9. The third kappa shape index (κ3) is 5.28. The lowest BCUT2D eigenvalue weighted by molar-refractivity contribution is 0.0760. The number of nitrogens with zero attached hydrogens (tertiary/aromatic N) is 1. The molecular formula is C24H32N2O4S. The van der Waals surface area contributed by atoms with Gasteiger partial charge in [0, 0.05) is 6.61 Å². The molecule has 2 aromatic rings. The molecule has 6 nitrogen and oxygen atoms in total. The lowest BCUT2D eigenvalue weighted by Gasteiger charge is -2.38. The van der Waals surface area contributed by atoms with Gasteiger partial charge in [-0.15, -0.1) is 4.40 Å². The van der Waals surface area contributed by atoms with E-state index in [9.17, 15) is 13.5 Å². The van der Waals surface area contributed by atoms with Gasteiger partial charge in [-0.25, -0.2) is 8.42 Å². The van der Waals surface area contributed by atoms with E-state index in [0.29, 0.717) is 12.0 Å². The molecule has 1 aliphatic rings. The summed E-state index contributed by atoms with van der Waals surface area (Å²) in [4.78, 5) is 0. The van der Waals surface area contributed by atoms with Crippen LogP contribution >= 0.6 is 0 Å². The predicted octanol–water partition coefficient (Wildman–Crippen LogP) is 4.23. The van der Waals surface area contributed by atoms with E-state index in [-0.39, 0.29) is 24.1 Å². The number of hydrogen-bond acceptors (Lipinski definition) is 5. The molecule has 0 aromatic heterocycles. The molecule has 0 bridgehead atoms. The Hall–Kier alpha value is -2.38. The maximum absolute atomic E-state index is 13.2. The Morgan fingerprint density at radius 2 is 1.71 bits per heavy atom. The maximum Gasteiger partial charge on any atom is 0.301 e. The lowest BCUT2D eigenvalue weighted by Crippen LogP contribution is -2.47. The summed E-state index contributed by atoms with van der Waals surface area (Å²) < 4.78 is 36.4. The van der Waals surface area contributed by atoms with Gasteiger partial charge in [0.1, 0.15) is 10.9 Å². The number of amidine groups is 1. The summed E-state index contributed by atoms with van der Waals surface area (Å²) >= 11 is 0. The Kier molecular flexibility index (Phi) is 6.48. The van der Waals surface area contributed by atoms with Gasteiger partial charge in [0.25, 0.3) is 10.0 Å². The second-order valence-electron chi connectivity index (χ2n) is 9.49. The smallest absolute Gasteiger partial charge is 0.301 e. The van der Waals surface area contributed by atoms with Gasteiger partial charge in [-0.1, -0.05) is 75.4 Å². The van der Waals surface area contributed by atoms with Crippen LogP contribution in [0.25, 0.3) is 0 Å². The van der Waals surface area contributed by atoms with Crippen molar-refractivity contribution in [2.45, 2.75) is 63.3 Å². The van der Waals surface area contributed by atoms with Crippen LogP contribution in [0.5, 0.6) is 0 Å². The highest BCUT2D eigenvalue weighted by Gasteiger charge is 2.47. The monoisotopic (exact) mass is 444 g/mol. The number of sulfonamides is 1. The topological polar surface area (TPSA) is 88.0 Å². The molecular weight excluding hydrogens is 412 g/mol. The van der Waals surface area contributed by atoms with E-state index in [4.69, 9.17) is 4.74 Å². The first-order valence-electron chi connectivity index (χ1n) is 10.5. The van der Waals surface area contributed by atoms with Gasteiger partial charge in [0.05, 0.1) is 6.04 Å². The fourth-order valence-corrected chi connectivity index (χ4v) is 5.61. The molecule has 1 unspecified atom stereocenters. The summed E-state index contributed by atoms with van der Waals surface area (Å²) in [6.07, 6.45) is 0.393. The highest BCUT2D eigenvalue weighted by molar-refractivity contribution is 7.90. The molecule has 0 saturated heterocycles. The normalized spacial score (nSPS) is 21.0. The molecule has 31 heavy (non-hydrogen) atoms. The van der Waals surface area contributed by atoms with Crippen molar-refractivity contribution in [2.24, 2.45) is 4.40 Å². The number of rotatable bonds is 5. The molecule has 168 valence electrons. The molecule has 0 fully saturated rings. The van der Waals surface area contributed by atoms with Crippen LogP contribution in [0, 0.1) is 0 Å². The van der Waals surface area contributed by atoms with Gasteiger partial charge in [-0.3, -0.25) is 0 Å². The number of hydrogen-bond donors (Lipinski definition) is 2. The number of aliphatic hydroxyl groups excluding tert-OH is 1. The molecule has 0 spiro atoms. The molecule has 2 atom stereocenters. The zero-order valence-electron chi connectivity index (χ0n) is 18.8. The Bertz CT molecular complexity index is 1020. The van der Waals surface area contributed by atoms with E-state index in [1.807, 2.05) is 54.6 Å². The number of ether oxygens (including phenoxy) is 1. The van der Waals surface area contributed by atoms with Crippen molar-refractivity contribution in [3.05, 3.63) is 71.3 Å². The van der Waals surface area contributed by atoms with E-state index in [0.717, 1.165) is 11.1 Å². The molecule has 0 aliphatic carbocycles. The van der Waals surface area contributed by atoms with Gasteiger partial charge in [0.2, 0.25) is 0 Å². The quantitative estimate of drug-likeness (QED) is 0.720. The van der Waals surface area contributed by atoms with Crippen LogP contribution < -0.4 is 5.32 Å². The fraction of sp³-hybridized carbons (Fsp3) is 0.458. The highest BCUT2D eigenvalue weighted by Crippen LogP contribution is 2.41. The van der Waals surface area contributed by atoms with E-state index in [2.05, 4.69) is 30.5 Å². The first-order chi connectivity index (χ1) is 14.4. The summed E-state index contributed by atoms with van der Waals surface area (Å²) in [6.45, 7) is 9.80.